The highest BCUT2D eigenvalue weighted by Crippen LogP contribution is 2.46. The second-order valence-electron chi connectivity index (χ2n) is 4.15. The molecule has 1 saturated carbocycles. The zero-order valence-electron chi connectivity index (χ0n) is 8.00. The van der Waals surface area contributed by atoms with Crippen LogP contribution in [0.1, 0.15) is 18.4 Å². The Morgan fingerprint density at radius 2 is 2.00 bits per heavy atom. The van der Waals surface area contributed by atoms with E-state index >= 15 is 0 Å². The largest absolute Gasteiger partial charge is 0.446 e. The van der Waals surface area contributed by atoms with Crippen molar-refractivity contribution in [3.63, 3.8) is 0 Å². The van der Waals surface area contributed by atoms with Crippen LogP contribution in [-0.4, -0.2) is 12.2 Å². The van der Waals surface area contributed by atoms with Crippen molar-refractivity contribution < 1.29 is 9.53 Å². The molecule has 4 rings (SSSR count). The van der Waals surface area contributed by atoms with Gasteiger partial charge in [-0.2, -0.15) is 0 Å². The van der Waals surface area contributed by atoms with Crippen molar-refractivity contribution in [2.45, 2.75) is 24.5 Å². The number of benzene rings is 1. The molecule has 2 saturated heterocycles. The van der Waals surface area contributed by atoms with E-state index in [2.05, 4.69) is 5.32 Å². The van der Waals surface area contributed by atoms with E-state index in [1.54, 1.807) is 0 Å². The number of nitrogens with one attached hydrogen (secondary N) is 1. The monoisotopic (exact) mass is 223 g/mol. The van der Waals surface area contributed by atoms with Crippen LogP contribution >= 0.6 is 11.6 Å². The van der Waals surface area contributed by atoms with Crippen LogP contribution in [0.2, 0.25) is 5.02 Å². The number of hydrogen-bond acceptors (Lipinski definition) is 2. The molecule has 3 fully saturated rings. The third-order valence-corrected chi connectivity index (χ3v) is 3.42. The number of carbonyl (C=O) groups excluding carboxylic acids is 1. The van der Waals surface area contributed by atoms with E-state index in [0.717, 1.165) is 18.4 Å². The lowest BCUT2D eigenvalue weighted by atomic mass is 9.69. The minimum atomic E-state index is -0.313. The minimum Gasteiger partial charge on any atom is -0.446 e. The van der Waals surface area contributed by atoms with Crippen molar-refractivity contribution in [1.29, 1.82) is 0 Å². The second kappa shape index (κ2) is 2.89. The lowest BCUT2D eigenvalue weighted by Crippen LogP contribution is -2.63. The van der Waals surface area contributed by atoms with Gasteiger partial charge < -0.3 is 10.1 Å². The molecule has 15 heavy (non-hydrogen) atoms. The number of carbonyl (C=O) groups is 1. The van der Waals surface area contributed by atoms with E-state index in [4.69, 9.17) is 16.3 Å². The first-order valence-electron chi connectivity index (χ1n) is 4.93. The fourth-order valence-electron chi connectivity index (χ4n) is 2.36. The molecule has 2 bridgehead atoms. The molecular formula is C11H10ClNO2. The highest BCUT2D eigenvalue weighted by atomic mass is 35.5. The summed E-state index contributed by atoms with van der Waals surface area (Å²) in [6, 6.07) is 7.62. The van der Waals surface area contributed by atoms with Crippen molar-refractivity contribution in [1.82, 2.24) is 5.32 Å². The Morgan fingerprint density at radius 1 is 1.33 bits per heavy atom. The number of ether oxygens (including phenoxy) is 1. The highest BCUT2D eigenvalue weighted by molar-refractivity contribution is 6.30. The Hall–Kier alpha value is -1.22. The Balaban J connectivity index is 1.93. The summed E-state index contributed by atoms with van der Waals surface area (Å²) in [7, 11) is 0. The maximum Gasteiger partial charge on any atom is 0.408 e. The predicted octanol–water partition coefficient (Wildman–Crippen LogP) is 2.44. The summed E-state index contributed by atoms with van der Waals surface area (Å²) in [4.78, 5) is 11.2. The summed E-state index contributed by atoms with van der Waals surface area (Å²) < 4.78 is 5.05. The molecule has 0 spiro atoms. The molecule has 2 aliphatic heterocycles. The lowest BCUT2D eigenvalue weighted by molar-refractivity contribution is -0.0588. The Morgan fingerprint density at radius 3 is 2.60 bits per heavy atom. The molecule has 3 nitrogen and oxygen atoms in total. The van der Waals surface area contributed by atoms with Gasteiger partial charge >= 0.3 is 6.09 Å². The van der Waals surface area contributed by atoms with E-state index in [0.29, 0.717) is 5.02 Å². The minimum absolute atomic E-state index is 0.0921. The van der Waals surface area contributed by atoms with Gasteiger partial charge in [0, 0.05) is 17.9 Å². The molecule has 3 aliphatic rings. The van der Waals surface area contributed by atoms with Gasteiger partial charge in [-0.1, -0.05) is 23.7 Å². The molecule has 0 aromatic heterocycles. The SMILES string of the molecule is O=C1N[C@]2(c3ccc(Cl)cc3)C[C@@H](C2)O1. The zero-order valence-corrected chi connectivity index (χ0v) is 8.75. The van der Waals surface area contributed by atoms with E-state index in [9.17, 15) is 4.79 Å². The molecule has 2 heterocycles. The number of alkyl carbamates (subject to hydrolysis) is 1. The van der Waals surface area contributed by atoms with Crippen LogP contribution in [-0.2, 0) is 10.3 Å². The molecule has 78 valence electrons. The number of halogens is 1. The summed E-state index contributed by atoms with van der Waals surface area (Å²) in [6.45, 7) is 0. The van der Waals surface area contributed by atoms with Gasteiger partial charge in [0.2, 0.25) is 0 Å². The van der Waals surface area contributed by atoms with E-state index in [1.807, 2.05) is 24.3 Å². The van der Waals surface area contributed by atoms with Gasteiger partial charge in [-0.05, 0) is 17.7 Å². The van der Waals surface area contributed by atoms with Crippen molar-refractivity contribution in [3.8, 4) is 0 Å². The van der Waals surface area contributed by atoms with Crippen LogP contribution in [0, 0.1) is 0 Å². The average molecular weight is 224 g/mol. The molecule has 0 unspecified atom stereocenters. The Bertz CT molecular complexity index is 409. The molecular weight excluding hydrogens is 214 g/mol. The summed E-state index contributed by atoms with van der Waals surface area (Å²) in [5.41, 5.74) is 0.907. The van der Waals surface area contributed by atoms with Crippen LogP contribution in [0.5, 0.6) is 0 Å². The molecule has 1 N–H and O–H groups in total. The summed E-state index contributed by atoms with van der Waals surface area (Å²) >= 11 is 5.83. The first-order valence-corrected chi connectivity index (χ1v) is 5.31. The molecule has 1 aliphatic carbocycles. The zero-order chi connectivity index (χ0) is 10.5. The fourth-order valence-corrected chi connectivity index (χ4v) is 2.48. The van der Waals surface area contributed by atoms with E-state index in [-0.39, 0.29) is 17.7 Å². The number of hydrogen-bond donors (Lipinski definition) is 1. The molecule has 4 heteroatoms. The molecule has 1 amide bonds. The number of fused-ring (bicyclic) bond motifs is 2. The molecule has 0 atom stereocenters. The molecule has 1 aromatic rings. The maximum atomic E-state index is 11.2. The third kappa shape index (κ3) is 1.30. The third-order valence-electron chi connectivity index (χ3n) is 3.16. The lowest BCUT2D eigenvalue weighted by Gasteiger charge is -2.51. The Labute approximate surface area is 92.4 Å². The van der Waals surface area contributed by atoms with Gasteiger partial charge in [-0.25, -0.2) is 4.79 Å². The van der Waals surface area contributed by atoms with Gasteiger partial charge in [0.1, 0.15) is 6.10 Å². The number of amides is 1. The predicted molar refractivity (Wildman–Crippen MR) is 55.8 cm³/mol. The van der Waals surface area contributed by atoms with Gasteiger partial charge in [0.25, 0.3) is 0 Å². The normalized spacial score (nSPS) is 32.6. The second-order valence-corrected chi connectivity index (χ2v) is 4.59. The molecule has 1 aromatic carbocycles. The van der Waals surface area contributed by atoms with Crippen LogP contribution in [0.25, 0.3) is 0 Å². The standard InChI is InChI=1S/C11H10ClNO2/c12-8-3-1-7(2-4-8)11-5-9(6-11)15-10(14)13-11/h1-4,9H,5-6H2,(H,13,14)/t9-,11+. The molecule has 0 radical (unpaired) electrons. The van der Waals surface area contributed by atoms with Crippen LogP contribution in [0.15, 0.2) is 24.3 Å². The van der Waals surface area contributed by atoms with Crippen molar-refractivity contribution >= 4 is 17.7 Å². The van der Waals surface area contributed by atoms with Crippen LogP contribution in [0.4, 0.5) is 4.79 Å². The number of rotatable bonds is 1. The summed E-state index contributed by atoms with van der Waals surface area (Å²) in [5, 5.41) is 3.60. The van der Waals surface area contributed by atoms with Crippen LogP contribution in [0.3, 0.4) is 0 Å². The average Bonchev–Trinajstić information content (AvgIpc) is 2.16. The van der Waals surface area contributed by atoms with Gasteiger partial charge in [-0.3, -0.25) is 0 Å². The van der Waals surface area contributed by atoms with Crippen molar-refractivity contribution in [2.24, 2.45) is 0 Å². The van der Waals surface area contributed by atoms with Gasteiger partial charge in [-0.15, -0.1) is 0 Å². The smallest absolute Gasteiger partial charge is 0.408 e. The first kappa shape index (κ1) is 9.04. The van der Waals surface area contributed by atoms with Gasteiger partial charge in [0.15, 0.2) is 0 Å². The first-order chi connectivity index (χ1) is 7.18. The summed E-state index contributed by atoms with van der Waals surface area (Å²) in [5.74, 6) is 0. The van der Waals surface area contributed by atoms with Crippen LogP contribution < -0.4 is 5.32 Å². The fraction of sp³-hybridized carbons (Fsp3) is 0.364. The van der Waals surface area contributed by atoms with Gasteiger partial charge in [0.05, 0.1) is 5.54 Å². The topological polar surface area (TPSA) is 38.3 Å². The Kier molecular flexibility index (Phi) is 1.74. The maximum absolute atomic E-state index is 11.2. The van der Waals surface area contributed by atoms with Crippen molar-refractivity contribution in [2.75, 3.05) is 0 Å². The summed E-state index contributed by atoms with van der Waals surface area (Å²) in [6.07, 6.45) is 1.50. The van der Waals surface area contributed by atoms with E-state index < -0.39 is 0 Å². The quantitative estimate of drug-likeness (QED) is 0.794. The highest BCUT2D eigenvalue weighted by Gasteiger charge is 2.52. The van der Waals surface area contributed by atoms with E-state index in [1.165, 1.54) is 0 Å². The van der Waals surface area contributed by atoms with Crippen molar-refractivity contribution in [3.05, 3.63) is 34.9 Å².